The van der Waals surface area contributed by atoms with Crippen molar-refractivity contribution in [2.45, 2.75) is 32.1 Å². The van der Waals surface area contributed by atoms with E-state index in [0.29, 0.717) is 11.3 Å². The molecule has 2 aliphatic heterocycles. The smallest absolute Gasteiger partial charge is 0.253 e. The van der Waals surface area contributed by atoms with Gasteiger partial charge in [-0.1, -0.05) is 0 Å². The average Bonchev–Trinajstić information content (AvgIpc) is 3.28. The molecule has 3 rings (SSSR count). The Morgan fingerprint density at radius 3 is 2.42 bits per heavy atom. The van der Waals surface area contributed by atoms with Gasteiger partial charge in [-0.2, -0.15) is 5.26 Å². The number of hydrogen-bond acceptors (Lipinski definition) is 4. The molecule has 0 bridgehead atoms. The van der Waals surface area contributed by atoms with Crippen molar-refractivity contribution in [1.29, 1.82) is 5.26 Å². The SMILES string of the molecule is N#CCC(=O)Nc1cc(C(=O)N2CCCC2)ccc1N1CCCC1. The van der Waals surface area contributed by atoms with Crippen molar-refractivity contribution in [3.05, 3.63) is 23.8 Å². The van der Waals surface area contributed by atoms with E-state index >= 15 is 0 Å². The molecule has 0 unspecified atom stereocenters. The van der Waals surface area contributed by atoms with Crippen molar-refractivity contribution in [1.82, 2.24) is 4.90 Å². The van der Waals surface area contributed by atoms with E-state index in [-0.39, 0.29) is 18.2 Å². The molecule has 2 aliphatic rings. The molecule has 0 atom stereocenters. The number of rotatable bonds is 4. The number of likely N-dealkylation sites (tertiary alicyclic amines) is 1. The Hall–Kier alpha value is -2.55. The second-order valence-electron chi connectivity index (χ2n) is 6.31. The van der Waals surface area contributed by atoms with E-state index in [2.05, 4.69) is 10.2 Å². The number of benzene rings is 1. The lowest BCUT2D eigenvalue weighted by molar-refractivity contribution is -0.115. The topological polar surface area (TPSA) is 76.4 Å². The first-order valence-electron chi connectivity index (χ1n) is 8.54. The molecule has 0 radical (unpaired) electrons. The van der Waals surface area contributed by atoms with Gasteiger partial charge in [0.05, 0.1) is 17.4 Å². The summed E-state index contributed by atoms with van der Waals surface area (Å²) in [5.74, 6) is -0.333. The predicted molar refractivity (Wildman–Crippen MR) is 91.9 cm³/mol. The molecule has 0 saturated carbocycles. The van der Waals surface area contributed by atoms with E-state index in [9.17, 15) is 9.59 Å². The van der Waals surface area contributed by atoms with Crippen LogP contribution in [0.4, 0.5) is 11.4 Å². The summed E-state index contributed by atoms with van der Waals surface area (Å²) in [6.45, 7) is 3.48. The quantitative estimate of drug-likeness (QED) is 0.921. The van der Waals surface area contributed by atoms with E-state index in [1.165, 1.54) is 0 Å². The normalized spacial score (nSPS) is 17.0. The van der Waals surface area contributed by atoms with Gasteiger partial charge in [0.1, 0.15) is 6.42 Å². The van der Waals surface area contributed by atoms with Gasteiger partial charge in [-0.3, -0.25) is 9.59 Å². The van der Waals surface area contributed by atoms with Crippen LogP contribution in [0, 0.1) is 11.3 Å². The highest BCUT2D eigenvalue weighted by molar-refractivity contribution is 6.00. The maximum Gasteiger partial charge on any atom is 0.253 e. The molecule has 1 aromatic carbocycles. The molecule has 0 spiro atoms. The van der Waals surface area contributed by atoms with Gasteiger partial charge in [0.15, 0.2) is 0 Å². The number of nitrogens with one attached hydrogen (secondary N) is 1. The summed E-state index contributed by atoms with van der Waals surface area (Å²) in [6, 6.07) is 7.37. The fourth-order valence-corrected chi connectivity index (χ4v) is 3.37. The van der Waals surface area contributed by atoms with E-state index in [0.717, 1.165) is 57.5 Å². The molecule has 2 fully saturated rings. The summed E-state index contributed by atoms with van der Waals surface area (Å²) in [4.78, 5) is 28.5. The van der Waals surface area contributed by atoms with Gasteiger partial charge in [0, 0.05) is 31.7 Å². The number of hydrogen-bond donors (Lipinski definition) is 1. The van der Waals surface area contributed by atoms with Crippen molar-refractivity contribution in [2.24, 2.45) is 0 Å². The van der Waals surface area contributed by atoms with Gasteiger partial charge >= 0.3 is 0 Å². The van der Waals surface area contributed by atoms with Crippen LogP contribution in [-0.2, 0) is 4.79 Å². The average molecular weight is 326 g/mol. The third kappa shape index (κ3) is 3.51. The first-order valence-corrected chi connectivity index (χ1v) is 8.54. The van der Waals surface area contributed by atoms with Crippen molar-refractivity contribution in [3.63, 3.8) is 0 Å². The van der Waals surface area contributed by atoms with Crippen LogP contribution in [-0.4, -0.2) is 42.9 Å². The highest BCUT2D eigenvalue weighted by Gasteiger charge is 2.22. The van der Waals surface area contributed by atoms with E-state index in [1.807, 2.05) is 23.1 Å². The lowest BCUT2D eigenvalue weighted by Crippen LogP contribution is -2.28. The summed E-state index contributed by atoms with van der Waals surface area (Å²) in [5.41, 5.74) is 2.14. The Labute approximate surface area is 142 Å². The first kappa shape index (κ1) is 16.3. The van der Waals surface area contributed by atoms with Gasteiger partial charge in [-0.05, 0) is 43.9 Å². The fraction of sp³-hybridized carbons (Fsp3) is 0.500. The summed E-state index contributed by atoms with van der Waals surface area (Å²) in [7, 11) is 0. The van der Waals surface area contributed by atoms with E-state index in [4.69, 9.17) is 5.26 Å². The molecule has 0 aliphatic carbocycles. The lowest BCUT2D eigenvalue weighted by Gasteiger charge is -2.23. The minimum Gasteiger partial charge on any atom is -0.370 e. The van der Waals surface area contributed by atoms with Crippen LogP contribution in [0.15, 0.2) is 18.2 Å². The second kappa shape index (κ2) is 7.35. The van der Waals surface area contributed by atoms with E-state index < -0.39 is 0 Å². The maximum atomic E-state index is 12.6. The van der Waals surface area contributed by atoms with Gasteiger partial charge in [0.25, 0.3) is 5.91 Å². The zero-order valence-electron chi connectivity index (χ0n) is 13.8. The zero-order valence-corrected chi connectivity index (χ0v) is 13.8. The third-order valence-corrected chi connectivity index (χ3v) is 4.60. The van der Waals surface area contributed by atoms with Crippen LogP contribution in [0.1, 0.15) is 42.5 Å². The molecule has 24 heavy (non-hydrogen) atoms. The molecule has 1 N–H and O–H groups in total. The third-order valence-electron chi connectivity index (χ3n) is 4.60. The van der Waals surface area contributed by atoms with Crippen LogP contribution < -0.4 is 10.2 Å². The van der Waals surface area contributed by atoms with Crippen molar-refractivity contribution >= 4 is 23.2 Å². The Morgan fingerprint density at radius 1 is 1.08 bits per heavy atom. The molecule has 2 saturated heterocycles. The number of nitrogens with zero attached hydrogens (tertiary/aromatic N) is 3. The van der Waals surface area contributed by atoms with Gasteiger partial charge in [-0.25, -0.2) is 0 Å². The monoisotopic (exact) mass is 326 g/mol. The fourth-order valence-electron chi connectivity index (χ4n) is 3.37. The van der Waals surface area contributed by atoms with Crippen molar-refractivity contribution < 1.29 is 9.59 Å². The van der Waals surface area contributed by atoms with Crippen LogP contribution >= 0.6 is 0 Å². The van der Waals surface area contributed by atoms with Gasteiger partial charge in [0.2, 0.25) is 5.91 Å². The minimum absolute atomic E-state index is 0.0104. The van der Waals surface area contributed by atoms with Crippen LogP contribution in [0.25, 0.3) is 0 Å². The molecule has 126 valence electrons. The van der Waals surface area contributed by atoms with E-state index in [1.54, 1.807) is 6.07 Å². The predicted octanol–water partition coefficient (Wildman–Crippen LogP) is 2.37. The number of carbonyl (C=O) groups excluding carboxylic acids is 2. The number of nitriles is 1. The lowest BCUT2D eigenvalue weighted by atomic mass is 10.1. The van der Waals surface area contributed by atoms with Gasteiger partial charge in [-0.15, -0.1) is 0 Å². The molecular formula is C18H22N4O2. The zero-order chi connectivity index (χ0) is 16.9. The molecule has 2 amide bonds. The molecule has 6 heteroatoms. The van der Waals surface area contributed by atoms with Crippen molar-refractivity contribution in [2.75, 3.05) is 36.4 Å². The highest BCUT2D eigenvalue weighted by atomic mass is 16.2. The summed E-state index contributed by atoms with van der Waals surface area (Å²) < 4.78 is 0. The Bertz CT molecular complexity index is 668. The number of amides is 2. The molecular weight excluding hydrogens is 304 g/mol. The number of carbonyl (C=O) groups is 2. The van der Waals surface area contributed by atoms with Crippen molar-refractivity contribution in [3.8, 4) is 6.07 Å². The van der Waals surface area contributed by atoms with Gasteiger partial charge < -0.3 is 15.1 Å². The summed E-state index contributed by atoms with van der Waals surface area (Å²) in [6.07, 6.45) is 4.15. The van der Waals surface area contributed by atoms with Crippen LogP contribution in [0.3, 0.4) is 0 Å². The first-order chi connectivity index (χ1) is 11.7. The largest absolute Gasteiger partial charge is 0.370 e. The minimum atomic E-state index is -0.344. The standard InChI is InChI=1S/C18H22N4O2/c19-8-7-17(23)20-15-13-14(18(24)22-11-3-4-12-22)5-6-16(15)21-9-1-2-10-21/h5-6,13H,1-4,7,9-12H2,(H,20,23). The summed E-state index contributed by atoms with van der Waals surface area (Å²) in [5, 5.41) is 11.5. The van der Waals surface area contributed by atoms with Crippen LogP contribution in [0.2, 0.25) is 0 Å². The number of anilines is 2. The Balaban J connectivity index is 1.87. The van der Waals surface area contributed by atoms with Crippen LogP contribution in [0.5, 0.6) is 0 Å². The molecule has 1 aromatic rings. The molecule has 6 nitrogen and oxygen atoms in total. The highest BCUT2D eigenvalue weighted by Crippen LogP contribution is 2.31. The second-order valence-corrected chi connectivity index (χ2v) is 6.31. The maximum absolute atomic E-state index is 12.6. The molecule has 2 heterocycles. The molecule has 0 aromatic heterocycles. The Morgan fingerprint density at radius 2 is 1.75 bits per heavy atom. The Kier molecular flexibility index (Phi) is 4.99. The summed E-state index contributed by atoms with van der Waals surface area (Å²) >= 11 is 0.